The van der Waals surface area contributed by atoms with Crippen LogP contribution >= 0.6 is 0 Å². The number of hydrogen-bond acceptors (Lipinski definition) is 4. The van der Waals surface area contributed by atoms with Crippen molar-refractivity contribution in [1.82, 2.24) is 5.32 Å². The SMILES string of the molecule is O=C(NC(CC1CCC1)C(O)C(=O)O)OCc1ccccc1. The summed E-state index contributed by atoms with van der Waals surface area (Å²) in [6.07, 6.45) is 1.23. The van der Waals surface area contributed by atoms with Crippen LogP contribution in [0.4, 0.5) is 4.79 Å². The molecule has 1 amide bonds. The van der Waals surface area contributed by atoms with Gasteiger partial charge in [0.1, 0.15) is 6.61 Å². The molecule has 1 aromatic rings. The van der Waals surface area contributed by atoms with E-state index in [1.807, 2.05) is 30.3 Å². The van der Waals surface area contributed by atoms with Gasteiger partial charge < -0.3 is 20.3 Å². The van der Waals surface area contributed by atoms with Crippen molar-refractivity contribution in [1.29, 1.82) is 0 Å². The first-order valence-electron chi connectivity index (χ1n) is 7.44. The molecule has 0 radical (unpaired) electrons. The number of rotatable bonds is 7. The Kier molecular flexibility index (Phi) is 5.77. The van der Waals surface area contributed by atoms with Crippen LogP contribution in [0.2, 0.25) is 0 Å². The lowest BCUT2D eigenvalue weighted by molar-refractivity contribution is -0.148. The maximum Gasteiger partial charge on any atom is 0.407 e. The molecule has 1 fully saturated rings. The summed E-state index contributed by atoms with van der Waals surface area (Å²) in [5, 5.41) is 21.1. The molecule has 0 saturated heterocycles. The molecular formula is C16H21NO5. The van der Waals surface area contributed by atoms with Crippen LogP contribution in [0.5, 0.6) is 0 Å². The molecule has 0 aliphatic heterocycles. The van der Waals surface area contributed by atoms with Gasteiger partial charge in [-0.1, -0.05) is 49.6 Å². The van der Waals surface area contributed by atoms with Gasteiger partial charge in [0.05, 0.1) is 6.04 Å². The molecule has 3 N–H and O–H groups in total. The summed E-state index contributed by atoms with van der Waals surface area (Å²) in [6, 6.07) is 8.36. The summed E-state index contributed by atoms with van der Waals surface area (Å²) in [4.78, 5) is 22.8. The van der Waals surface area contributed by atoms with Gasteiger partial charge in [-0.05, 0) is 17.9 Å². The Bertz CT molecular complexity index is 501. The van der Waals surface area contributed by atoms with Gasteiger partial charge in [0.2, 0.25) is 0 Å². The van der Waals surface area contributed by atoms with Crippen molar-refractivity contribution >= 4 is 12.1 Å². The first kappa shape index (κ1) is 16.3. The largest absolute Gasteiger partial charge is 0.479 e. The van der Waals surface area contributed by atoms with Gasteiger partial charge in [0, 0.05) is 0 Å². The van der Waals surface area contributed by atoms with Crippen LogP contribution in [0.3, 0.4) is 0 Å². The highest BCUT2D eigenvalue weighted by molar-refractivity contribution is 5.75. The van der Waals surface area contributed by atoms with Crippen LogP contribution in [0.1, 0.15) is 31.2 Å². The van der Waals surface area contributed by atoms with Crippen LogP contribution in [0, 0.1) is 5.92 Å². The molecule has 0 bridgehead atoms. The molecule has 6 nitrogen and oxygen atoms in total. The number of carboxylic acids is 1. The molecule has 2 unspecified atom stereocenters. The lowest BCUT2D eigenvalue weighted by Gasteiger charge is -2.31. The van der Waals surface area contributed by atoms with Crippen molar-refractivity contribution in [2.45, 2.75) is 44.4 Å². The lowest BCUT2D eigenvalue weighted by atomic mass is 9.80. The number of carbonyl (C=O) groups excluding carboxylic acids is 1. The van der Waals surface area contributed by atoms with E-state index in [-0.39, 0.29) is 6.61 Å². The zero-order valence-corrected chi connectivity index (χ0v) is 12.3. The van der Waals surface area contributed by atoms with E-state index in [0.29, 0.717) is 12.3 Å². The third kappa shape index (κ3) is 4.73. The Labute approximate surface area is 129 Å². The highest BCUT2D eigenvalue weighted by atomic mass is 16.5. The molecule has 0 spiro atoms. The van der Waals surface area contributed by atoms with E-state index >= 15 is 0 Å². The first-order valence-corrected chi connectivity index (χ1v) is 7.44. The fourth-order valence-electron chi connectivity index (χ4n) is 2.44. The zero-order valence-electron chi connectivity index (χ0n) is 12.3. The minimum atomic E-state index is -1.62. The molecule has 1 aromatic carbocycles. The van der Waals surface area contributed by atoms with Crippen molar-refractivity contribution < 1.29 is 24.5 Å². The number of aliphatic hydroxyl groups excluding tert-OH is 1. The quantitative estimate of drug-likeness (QED) is 0.715. The average Bonchev–Trinajstić information content (AvgIpc) is 2.47. The van der Waals surface area contributed by atoms with Crippen molar-refractivity contribution in [3.8, 4) is 0 Å². The average molecular weight is 307 g/mol. The minimum absolute atomic E-state index is 0.103. The van der Waals surface area contributed by atoms with E-state index in [1.165, 1.54) is 0 Å². The van der Waals surface area contributed by atoms with Crippen molar-refractivity contribution in [2.24, 2.45) is 5.92 Å². The Morgan fingerprint density at radius 3 is 2.50 bits per heavy atom. The van der Waals surface area contributed by atoms with Crippen LogP contribution in [0.25, 0.3) is 0 Å². The normalized spacial score (nSPS) is 17.1. The van der Waals surface area contributed by atoms with Gasteiger partial charge in [0.15, 0.2) is 6.10 Å². The predicted octanol–water partition coefficient (Wildman–Crippen LogP) is 1.92. The molecule has 1 saturated carbocycles. The van der Waals surface area contributed by atoms with Crippen LogP contribution in [-0.4, -0.2) is 34.4 Å². The maximum atomic E-state index is 11.8. The third-order valence-electron chi connectivity index (χ3n) is 3.96. The summed E-state index contributed by atoms with van der Waals surface area (Å²) in [5.74, 6) is -0.985. The molecule has 22 heavy (non-hydrogen) atoms. The summed E-state index contributed by atoms with van der Waals surface area (Å²) in [7, 11) is 0. The molecule has 6 heteroatoms. The maximum absolute atomic E-state index is 11.8. The van der Waals surface area contributed by atoms with Crippen molar-refractivity contribution in [3.63, 3.8) is 0 Å². The van der Waals surface area contributed by atoms with E-state index in [0.717, 1.165) is 24.8 Å². The number of hydrogen-bond donors (Lipinski definition) is 3. The van der Waals surface area contributed by atoms with Crippen LogP contribution < -0.4 is 5.32 Å². The second-order valence-corrected chi connectivity index (χ2v) is 5.63. The Balaban J connectivity index is 1.85. The van der Waals surface area contributed by atoms with Crippen molar-refractivity contribution in [2.75, 3.05) is 0 Å². The second kappa shape index (κ2) is 7.79. The van der Waals surface area contributed by atoms with Gasteiger partial charge in [-0.2, -0.15) is 0 Å². The third-order valence-corrected chi connectivity index (χ3v) is 3.96. The first-order chi connectivity index (χ1) is 10.6. The molecule has 2 rings (SSSR count). The monoisotopic (exact) mass is 307 g/mol. The lowest BCUT2D eigenvalue weighted by Crippen LogP contribution is -2.48. The Morgan fingerprint density at radius 1 is 1.27 bits per heavy atom. The fraction of sp³-hybridized carbons (Fsp3) is 0.500. The molecule has 1 aliphatic carbocycles. The highest BCUT2D eigenvalue weighted by Gasteiger charge is 2.32. The van der Waals surface area contributed by atoms with E-state index in [1.54, 1.807) is 0 Å². The zero-order chi connectivity index (χ0) is 15.9. The number of nitrogens with one attached hydrogen (secondary N) is 1. The standard InChI is InChI=1S/C16H21NO5/c18-14(15(19)20)13(9-11-7-4-8-11)17-16(21)22-10-12-5-2-1-3-6-12/h1-3,5-6,11,13-14,18H,4,7-10H2,(H,17,21)(H,19,20). The highest BCUT2D eigenvalue weighted by Crippen LogP contribution is 2.31. The number of benzene rings is 1. The number of aliphatic carboxylic acids is 1. The molecule has 0 aromatic heterocycles. The fourth-order valence-corrected chi connectivity index (χ4v) is 2.44. The van der Waals surface area contributed by atoms with Crippen LogP contribution in [0.15, 0.2) is 30.3 Å². The van der Waals surface area contributed by atoms with Crippen LogP contribution in [-0.2, 0) is 16.1 Å². The van der Waals surface area contributed by atoms with Crippen molar-refractivity contribution in [3.05, 3.63) is 35.9 Å². The van der Waals surface area contributed by atoms with Gasteiger partial charge in [-0.25, -0.2) is 9.59 Å². The molecule has 120 valence electrons. The smallest absolute Gasteiger partial charge is 0.407 e. The number of carboxylic acid groups (broad SMARTS) is 1. The van der Waals surface area contributed by atoms with Gasteiger partial charge in [0.25, 0.3) is 0 Å². The molecule has 0 heterocycles. The van der Waals surface area contributed by atoms with E-state index in [2.05, 4.69) is 5.32 Å². The number of carbonyl (C=O) groups is 2. The van der Waals surface area contributed by atoms with E-state index in [4.69, 9.17) is 9.84 Å². The molecule has 1 aliphatic rings. The molecule has 2 atom stereocenters. The predicted molar refractivity (Wildman–Crippen MR) is 79.2 cm³/mol. The molecular weight excluding hydrogens is 286 g/mol. The number of aliphatic hydroxyl groups is 1. The summed E-state index contributed by atoms with van der Waals surface area (Å²) in [5.41, 5.74) is 0.840. The Hall–Kier alpha value is -2.08. The summed E-state index contributed by atoms with van der Waals surface area (Å²) < 4.78 is 5.07. The van der Waals surface area contributed by atoms with E-state index in [9.17, 15) is 14.7 Å². The topological polar surface area (TPSA) is 95.9 Å². The summed E-state index contributed by atoms with van der Waals surface area (Å²) in [6.45, 7) is 0.103. The second-order valence-electron chi connectivity index (χ2n) is 5.63. The number of alkyl carbamates (subject to hydrolysis) is 1. The Morgan fingerprint density at radius 2 is 1.95 bits per heavy atom. The number of amides is 1. The summed E-state index contributed by atoms with van der Waals surface area (Å²) >= 11 is 0. The van der Waals surface area contributed by atoms with E-state index < -0.39 is 24.2 Å². The van der Waals surface area contributed by atoms with Gasteiger partial charge in [-0.15, -0.1) is 0 Å². The van der Waals surface area contributed by atoms with Gasteiger partial charge in [-0.3, -0.25) is 0 Å². The minimum Gasteiger partial charge on any atom is -0.479 e. The number of ether oxygens (including phenoxy) is 1. The van der Waals surface area contributed by atoms with Gasteiger partial charge >= 0.3 is 12.1 Å².